The normalized spacial score (nSPS) is 13.7. The second-order valence-electron chi connectivity index (χ2n) is 8.34. The van der Waals surface area contributed by atoms with Gasteiger partial charge >= 0.3 is 0 Å². The molecule has 0 fully saturated rings. The fourth-order valence-corrected chi connectivity index (χ4v) is 4.73. The molecule has 1 N–H and O–H groups in total. The zero-order valence-electron chi connectivity index (χ0n) is 19.1. The molecule has 1 aliphatic rings. The molecular formula is C28H23N3O2S. The van der Waals surface area contributed by atoms with Gasteiger partial charge in [-0.25, -0.2) is 0 Å². The topological polar surface area (TPSA) is 59.5 Å². The first-order valence-electron chi connectivity index (χ1n) is 11.0. The Hall–Kier alpha value is -4.03. The molecule has 34 heavy (non-hydrogen) atoms. The van der Waals surface area contributed by atoms with E-state index in [9.17, 15) is 9.90 Å². The fourth-order valence-electron chi connectivity index (χ4n) is 4.36. The second kappa shape index (κ2) is 8.39. The molecule has 1 aromatic heterocycles. The van der Waals surface area contributed by atoms with Crippen molar-refractivity contribution in [2.75, 3.05) is 0 Å². The van der Waals surface area contributed by atoms with Crippen LogP contribution in [0.15, 0.2) is 82.6 Å². The van der Waals surface area contributed by atoms with Gasteiger partial charge in [0.15, 0.2) is 4.77 Å². The zero-order chi connectivity index (χ0) is 24.0. The molecule has 0 saturated carbocycles. The Morgan fingerprint density at radius 1 is 0.824 bits per heavy atom. The Morgan fingerprint density at radius 3 is 2.03 bits per heavy atom. The van der Waals surface area contributed by atoms with Gasteiger partial charge in [0.1, 0.15) is 5.56 Å². The maximum absolute atomic E-state index is 13.9. The largest absolute Gasteiger partial charge is 0.494 e. The number of rotatable bonds is 3. The van der Waals surface area contributed by atoms with Crippen molar-refractivity contribution in [3.63, 3.8) is 0 Å². The highest BCUT2D eigenvalue weighted by Gasteiger charge is 2.23. The van der Waals surface area contributed by atoms with Gasteiger partial charge in [0, 0.05) is 16.8 Å². The average molecular weight is 466 g/mol. The number of nitrogens with zero attached hydrogens (tertiary/aromatic N) is 3. The standard InChI is InChI=1S/C28H23N3O2S/c1-17-10-4-8-14-24(17)30-26(32)22(16-21-19(3)29-23-13-7-6-12-20(21)23)27(33)31(28(30)34)25-15-9-5-11-18(25)2/h4-16,32H,1-3H3/b21-16+. The molecule has 5 rings (SSSR count). The molecule has 0 aliphatic carbocycles. The maximum Gasteiger partial charge on any atom is 0.270 e. The SMILES string of the molecule is CC1=Nc2ccccc2/C1=C/c1c(O)n(-c2ccccc2C)c(=S)n(-c2ccccc2C)c1=O. The molecule has 0 saturated heterocycles. The summed E-state index contributed by atoms with van der Waals surface area (Å²) in [5, 5.41) is 11.5. The fraction of sp³-hybridized carbons (Fsp3) is 0.107. The van der Waals surface area contributed by atoms with E-state index in [4.69, 9.17) is 12.2 Å². The summed E-state index contributed by atoms with van der Waals surface area (Å²) in [5.74, 6) is -0.196. The molecule has 5 nitrogen and oxygen atoms in total. The van der Waals surface area contributed by atoms with Gasteiger partial charge < -0.3 is 5.11 Å². The number of fused-ring (bicyclic) bond motifs is 1. The van der Waals surface area contributed by atoms with Gasteiger partial charge in [0.05, 0.1) is 17.1 Å². The van der Waals surface area contributed by atoms with E-state index in [0.717, 1.165) is 33.7 Å². The van der Waals surface area contributed by atoms with Crippen molar-refractivity contribution in [1.82, 2.24) is 9.13 Å². The van der Waals surface area contributed by atoms with E-state index in [1.54, 1.807) is 10.6 Å². The van der Waals surface area contributed by atoms with Crippen molar-refractivity contribution in [1.29, 1.82) is 0 Å². The lowest BCUT2D eigenvalue weighted by Gasteiger charge is -2.19. The van der Waals surface area contributed by atoms with Gasteiger partial charge in [-0.15, -0.1) is 0 Å². The Kier molecular flexibility index (Phi) is 5.38. The number of aliphatic imine (C=N–C) groups is 1. The van der Waals surface area contributed by atoms with Crippen LogP contribution in [0.25, 0.3) is 23.0 Å². The highest BCUT2D eigenvalue weighted by Crippen LogP contribution is 2.36. The van der Waals surface area contributed by atoms with Crippen LogP contribution in [0.4, 0.5) is 5.69 Å². The Bertz CT molecular complexity index is 1640. The van der Waals surface area contributed by atoms with Crippen molar-refractivity contribution >= 4 is 35.3 Å². The van der Waals surface area contributed by atoms with Gasteiger partial charge in [0.25, 0.3) is 5.56 Å². The first-order valence-corrected chi connectivity index (χ1v) is 11.4. The van der Waals surface area contributed by atoms with Crippen molar-refractivity contribution < 1.29 is 5.11 Å². The first kappa shape index (κ1) is 21.8. The zero-order valence-corrected chi connectivity index (χ0v) is 19.9. The molecule has 1 aliphatic heterocycles. The minimum Gasteiger partial charge on any atom is -0.494 e. The van der Waals surface area contributed by atoms with Crippen molar-refractivity contribution in [2.45, 2.75) is 20.8 Å². The van der Waals surface area contributed by atoms with E-state index in [2.05, 4.69) is 4.99 Å². The van der Waals surface area contributed by atoms with Crippen LogP contribution in [0, 0.1) is 18.6 Å². The molecule has 6 heteroatoms. The van der Waals surface area contributed by atoms with Crippen LogP contribution in [-0.2, 0) is 0 Å². The number of hydrogen-bond donors (Lipinski definition) is 1. The molecule has 168 valence electrons. The van der Waals surface area contributed by atoms with E-state index in [-0.39, 0.29) is 21.8 Å². The average Bonchev–Trinajstić information content (AvgIpc) is 3.14. The van der Waals surface area contributed by atoms with Crippen molar-refractivity contribution in [2.24, 2.45) is 4.99 Å². The number of para-hydroxylation sites is 3. The monoisotopic (exact) mass is 465 g/mol. The summed E-state index contributed by atoms with van der Waals surface area (Å²) in [5.41, 5.74) is 6.34. The third-order valence-corrected chi connectivity index (χ3v) is 6.51. The van der Waals surface area contributed by atoms with Crippen molar-refractivity contribution in [3.05, 3.63) is 110 Å². The van der Waals surface area contributed by atoms with E-state index in [0.29, 0.717) is 11.4 Å². The molecule has 0 amide bonds. The van der Waals surface area contributed by atoms with Gasteiger partial charge in [-0.3, -0.25) is 18.9 Å². The van der Waals surface area contributed by atoms with Gasteiger partial charge in [-0.1, -0.05) is 54.6 Å². The van der Waals surface area contributed by atoms with Crippen molar-refractivity contribution in [3.8, 4) is 17.3 Å². The number of aromatic nitrogens is 2. The first-order chi connectivity index (χ1) is 16.4. The molecule has 3 aromatic carbocycles. The lowest BCUT2D eigenvalue weighted by atomic mass is 10.0. The van der Waals surface area contributed by atoms with E-state index in [1.807, 2.05) is 93.6 Å². The minimum atomic E-state index is -0.383. The third kappa shape index (κ3) is 3.43. The number of benzene rings is 3. The maximum atomic E-state index is 13.9. The van der Waals surface area contributed by atoms with Crippen LogP contribution in [0.1, 0.15) is 29.2 Å². The summed E-state index contributed by atoms with van der Waals surface area (Å²) >= 11 is 5.80. The molecule has 2 heterocycles. The van der Waals surface area contributed by atoms with E-state index in [1.165, 1.54) is 4.57 Å². The summed E-state index contributed by atoms with van der Waals surface area (Å²) in [6.07, 6.45) is 1.72. The molecule has 0 radical (unpaired) electrons. The Balaban J connectivity index is 1.90. The van der Waals surface area contributed by atoms with Crippen LogP contribution in [0.3, 0.4) is 0 Å². The van der Waals surface area contributed by atoms with E-state index < -0.39 is 0 Å². The van der Waals surface area contributed by atoms with Gasteiger partial charge in [-0.2, -0.15) is 0 Å². The van der Waals surface area contributed by atoms with Crippen LogP contribution >= 0.6 is 12.2 Å². The van der Waals surface area contributed by atoms with Crippen LogP contribution in [0.2, 0.25) is 0 Å². The number of aromatic hydroxyl groups is 1. The summed E-state index contributed by atoms with van der Waals surface area (Å²) in [6, 6.07) is 23.0. The Labute approximate surface area is 202 Å². The van der Waals surface area contributed by atoms with Gasteiger partial charge in [-0.05, 0) is 68.4 Å². The predicted octanol–water partition coefficient (Wildman–Crippen LogP) is 6.33. The molecule has 0 atom stereocenters. The molecule has 4 aromatic rings. The summed E-state index contributed by atoms with van der Waals surface area (Å²) < 4.78 is 3.26. The van der Waals surface area contributed by atoms with Crippen LogP contribution in [-0.4, -0.2) is 20.0 Å². The lowest BCUT2D eigenvalue weighted by Crippen LogP contribution is -2.26. The summed E-state index contributed by atoms with van der Waals surface area (Å²) in [4.78, 5) is 18.5. The minimum absolute atomic E-state index is 0.154. The molecule has 0 spiro atoms. The van der Waals surface area contributed by atoms with E-state index >= 15 is 0 Å². The lowest BCUT2D eigenvalue weighted by molar-refractivity contribution is 0.429. The van der Waals surface area contributed by atoms with Gasteiger partial charge in [0.2, 0.25) is 5.88 Å². The Morgan fingerprint density at radius 2 is 1.38 bits per heavy atom. The molecule has 0 unspecified atom stereocenters. The van der Waals surface area contributed by atoms with Crippen LogP contribution < -0.4 is 5.56 Å². The third-order valence-electron chi connectivity index (χ3n) is 6.14. The van der Waals surface area contributed by atoms with Crippen LogP contribution in [0.5, 0.6) is 5.88 Å². The molecule has 0 bridgehead atoms. The highest BCUT2D eigenvalue weighted by molar-refractivity contribution is 7.71. The second-order valence-corrected chi connectivity index (χ2v) is 8.71. The number of aryl methyl sites for hydroxylation is 2. The quantitative estimate of drug-likeness (QED) is 0.360. The summed E-state index contributed by atoms with van der Waals surface area (Å²) in [7, 11) is 0. The smallest absolute Gasteiger partial charge is 0.270 e. The number of hydrogen-bond acceptors (Lipinski definition) is 4. The predicted molar refractivity (Wildman–Crippen MR) is 140 cm³/mol. The highest BCUT2D eigenvalue weighted by atomic mass is 32.1. The summed E-state index contributed by atoms with van der Waals surface area (Å²) in [6.45, 7) is 5.78. The number of allylic oxidation sites excluding steroid dienone is 1. The molecular weight excluding hydrogens is 442 g/mol.